The van der Waals surface area contributed by atoms with E-state index >= 15 is 0 Å². The van der Waals surface area contributed by atoms with Gasteiger partial charge in [0.15, 0.2) is 0 Å². The molecule has 0 radical (unpaired) electrons. The van der Waals surface area contributed by atoms with E-state index in [-0.39, 0.29) is 15.8 Å². The van der Waals surface area contributed by atoms with Crippen molar-refractivity contribution in [3.05, 3.63) is 15.6 Å². The van der Waals surface area contributed by atoms with Crippen molar-refractivity contribution < 1.29 is 32.2 Å². The predicted octanol–water partition coefficient (Wildman–Crippen LogP) is 3.46. The van der Waals surface area contributed by atoms with Crippen LogP contribution in [-0.4, -0.2) is 35.0 Å². The summed E-state index contributed by atoms with van der Waals surface area (Å²) in [6, 6.07) is 0. The first-order valence-electron chi connectivity index (χ1n) is 6.09. The van der Waals surface area contributed by atoms with Gasteiger partial charge in [-0.15, -0.1) is 11.3 Å². The van der Waals surface area contributed by atoms with Gasteiger partial charge >= 0.3 is 18.3 Å². The molecule has 9 heteroatoms. The second-order valence-corrected chi connectivity index (χ2v) is 5.92. The zero-order chi connectivity index (χ0) is 16.2. The van der Waals surface area contributed by atoms with E-state index in [0.29, 0.717) is 12.1 Å². The zero-order valence-corrected chi connectivity index (χ0v) is 12.2. The minimum Gasteiger partial charge on any atom is -0.477 e. The van der Waals surface area contributed by atoms with Gasteiger partial charge < -0.3 is 9.84 Å². The van der Waals surface area contributed by atoms with Crippen molar-refractivity contribution in [2.75, 3.05) is 6.61 Å². The van der Waals surface area contributed by atoms with Crippen LogP contribution in [0.1, 0.15) is 34.2 Å². The molecule has 0 amide bonds. The smallest absolute Gasteiger partial charge is 0.347 e. The van der Waals surface area contributed by atoms with Crippen molar-refractivity contribution in [3.63, 3.8) is 0 Å². The number of hydrogen-bond donors (Lipinski definition) is 1. The SMILES string of the molecule is CC(C)Cc1nc(COCC(F)(F)C(F)F)sc1C(=O)O. The molecule has 1 aromatic heterocycles. The first-order chi connectivity index (χ1) is 9.63. The molecule has 0 aromatic carbocycles. The van der Waals surface area contributed by atoms with Crippen LogP contribution in [0, 0.1) is 5.92 Å². The summed E-state index contributed by atoms with van der Waals surface area (Å²) in [5, 5.41) is 9.20. The van der Waals surface area contributed by atoms with Gasteiger partial charge in [0.1, 0.15) is 16.5 Å². The Balaban J connectivity index is 2.70. The van der Waals surface area contributed by atoms with Gasteiger partial charge in [0, 0.05) is 0 Å². The van der Waals surface area contributed by atoms with Crippen LogP contribution in [-0.2, 0) is 17.8 Å². The Hall–Kier alpha value is -1.22. The lowest BCUT2D eigenvalue weighted by molar-refractivity contribution is -0.168. The van der Waals surface area contributed by atoms with Crippen LogP contribution in [0.3, 0.4) is 0 Å². The minimum atomic E-state index is -4.23. The van der Waals surface area contributed by atoms with Gasteiger partial charge in [0.25, 0.3) is 0 Å². The fourth-order valence-corrected chi connectivity index (χ4v) is 2.36. The van der Waals surface area contributed by atoms with Crippen molar-refractivity contribution in [1.82, 2.24) is 4.98 Å². The highest BCUT2D eigenvalue weighted by Gasteiger charge is 2.41. The third-order valence-corrected chi connectivity index (χ3v) is 3.44. The summed E-state index contributed by atoms with van der Waals surface area (Å²) in [6.07, 6.45) is -3.38. The number of halogens is 4. The zero-order valence-electron chi connectivity index (χ0n) is 11.4. The fraction of sp³-hybridized carbons (Fsp3) is 0.667. The van der Waals surface area contributed by atoms with E-state index in [0.717, 1.165) is 11.3 Å². The monoisotopic (exact) mass is 329 g/mol. The number of carbonyl (C=O) groups is 1. The van der Waals surface area contributed by atoms with Gasteiger partial charge in [-0.05, 0) is 12.3 Å². The van der Waals surface area contributed by atoms with Crippen molar-refractivity contribution in [3.8, 4) is 0 Å². The number of carboxylic acids is 1. The highest BCUT2D eigenvalue weighted by atomic mass is 32.1. The quantitative estimate of drug-likeness (QED) is 0.742. The molecular weight excluding hydrogens is 314 g/mol. The molecule has 1 rings (SSSR count). The summed E-state index contributed by atoms with van der Waals surface area (Å²) >= 11 is 0.801. The van der Waals surface area contributed by atoms with Gasteiger partial charge in [0.05, 0.1) is 12.3 Å². The molecule has 0 atom stereocenters. The van der Waals surface area contributed by atoms with Crippen LogP contribution < -0.4 is 0 Å². The number of nitrogens with zero attached hydrogens (tertiary/aromatic N) is 1. The molecule has 0 unspecified atom stereocenters. The van der Waals surface area contributed by atoms with Crippen molar-refractivity contribution in [1.29, 1.82) is 0 Å². The van der Waals surface area contributed by atoms with E-state index in [9.17, 15) is 22.4 Å². The van der Waals surface area contributed by atoms with Crippen LogP contribution in [0.4, 0.5) is 17.6 Å². The first-order valence-corrected chi connectivity index (χ1v) is 6.90. The Morgan fingerprint density at radius 2 is 2.05 bits per heavy atom. The number of ether oxygens (including phenoxy) is 1. The highest BCUT2D eigenvalue weighted by Crippen LogP contribution is 2.25. The van der Waals surface area contributed by atoms with E-state index < -0.39 is 31.5 Å². The van der Waals surface area contributed by atoms with E-state index in [1.54, 1.807) is 0 Å². The van der Waals surface area contributed by atoms with Gasteiger partial charge in [0.2, 0.25) is 0 Å². The number of aromatic carboxylic acids is 1. The van der Waals surface area contributed by atoms with Crippen LogP contribution in [0.5, 0.6) is 0 Å². The number of carboxylic acid groups (broad SMARTS) is 1. The van der Waals surface area contributed by atoms with E-state index in [1.807, 2.05) is 13.8 Å². The summed E-state index contributed by atoms with van der Waals surface area (Å²) < 4.78 is 53.7. The lowest BCUT2D eigenvalue weighted by Gasteiger charge is -2.14. The summed E-state index contributed by atoms with van der Waals surface area (Å²) in [7, 11) is 0. The maximum absolute atomic E-state index is 12.6. The number of hydrogen-bond acceptors (Lipinski definition) is 4. The molecule has 0 saturated carbocycles. The van der Waals surface area contributed by atoms with Crippen molar-refractivity contribution in [2.45, 2.75) is 39.2 Å². The summed E-state index contributed by atoms with van der Waals surface area (Å²) in [4.78, 5) is 15.1. The number of alkyl halides is 4. The molecule has 0 aliphatic carbocycles. The molecule has 21 heavy (non-hydrogen) atoms. The van der Waals surface area contributed by atoms with Gasteiger partial charge in [-0.25, -0.2) is 18.6 Å². The largest absolute Gasteiger partial charge is 0.477 e. The second-order valence-electron chi connectivity index (χ2n) is 4.84. The lowest BCUT2D eigenvalue weighted by Crippen LogP contribution is -2.32. The molecular formula is C12H15F4NO3S. The third-order valence-electron chi connectivity index (χ3n) is 2.38. The van der Waals surface area contributed by atoms with Crippen LogP contribution >= 0.6 is 11.3 Å². The van der Waals surface area contributed by atoms with Crippen LogP contribution in [0.15, 0.2) is 0 Å². The second kappa shape index (κ2) is 7.17. The Morgan fingerprint density at radius 3 is 2.52 bits per heavy atom. The molecule has 1 aromatic rings. The molecule has 0 aliphatic heterocycles. The first kappa shape index (κ1) is 17.8. The number of aromatic nitrogens is 1. The van der Waals surface area contributed by atoms with Gasteiger partial charge in [-0.2, -0.15) is 8.78 Å². The molecule has 1 heterocycles. The summed E-state index contributed by atoms with van der Waals surface area (Å²) in [6.45, 7) is 1.90. The number of thiazole rings is 1. The van der Waals surface area contributed by atoms with E-state index in [4.69, 9.17) is 5.11 Å². The molecule has 1 N–H and O–H groups in total. The maximum Gasteiger partial charge on any atom is 0.347 e. The molecule has 4 nitrogen and oxygen atoms in total. The number of rotatable bonds is 8. The Kier molecular flexibility index (Phi) is 6.09. The van der Waals surface area contributed by atoms with Crippen LogP contribution in [0.25, 0.3) is 0 Å². The Morgan fingerprint density at radius 1 is 1.43 bits per heavy atom. The third kappa shape index (κ3) is 5.24. The summed E-state index contributed by atoms with van der Waals surface area (Å²) in [5.74, 6) is -5.22. The van der Waals surface area contributed by atoms with Gasteiger partial charge in [-0.1, -0.05) is 13.8 Å². The normalized spacial score (nSPS) is 12.4. The highest BCUT2D eigenvalue weighted by molar-refractivity contribution is 7.13. The average molecular weight is 329 g/mol. The summed E-state index contributed by atoms with van der Waals surface area (Å²) in [5.41, 5.74) is 0.349. The molecule has 0 bridgehead atoms. The fourth-order valence-electron chi connectivity index (χ4n) is 1.49. The molecule has 0 aliphatic rings. The molecule has 0 saturated heterocycles. The minimum absolute atomic E-state index is 0.0166. The topological polar surface area (TPSA) is 59.4 Å². The van der Waals surface area contributed by atoms with Crippen molar-refractivity contribution >= 4 is 17.3 Å². The van der Waals surface area contributed by atoms with Gasteiger partial charge in [-0.3, -0.25) is 0 Å². The molecule has 0 spiro atoms. The Labute approximate surface area is 122 Å². The standard InChI is InChI=1S/C12H15F4NO3S/c1-6(2)3-7-9(10(18)19)21-8(17-7)4-20-5-12(15,16)11(13)14/h6,11H,3-5H2,1-2H3,(H,18,19). The van der Waals surface area contributed by atoms with Crippen LogP contribution in [0.2, 0.25) is 0 Å². The molecule has 120 valence electrons. The van der Waals surface area contributed by atoms with Crippen molar-refractivity contribution in [2.24, 2.45) is 5.92 Å². The Bertz CT molecular complexity index is 491. The van der Waals surface area contributed by atoms with E-state index in [2.05, 4.69) is 9.72 Å². The lowest BCUT2D eigenvalue weighted by atomic mass is 10.1. The predicted molar refractivity (Wildman–Crippen MR) is 68.2 cm³/mol. The average Bonchev–Trinajstić information content (AvgIpc) is 2.70. The van der Waals surface area contributed by atoms with E-state index in [1.165, 1.54) is 0 Å². The molecule has 0 fully saturated rings. The maximum atomic E-state index is 12.6.